The summed E-state index contributed by atoms with van der Waals surface area (Å²) in [4.78, 5) is 11.9. The molecule has 0 bridgehead atoms. The average molecular weight is 238 g/mol. The van der Waals surface area contributed by atoms with Gasteiger partial charge in [0.25, 0.3) is 5.91 Å². The van der Waals surface area contributed by atoms with Crippen molar-refractivity contribution >= 4 is 5.91 Å². The van der Waals surface area contributed by atoms with Crippen LogP contribution in [-0.2, 0) is 0 Å². The van der Waals surface area contributed by atoms with E-state index in [9.17, 15) is 9.18 Å². The second-order valence-electron chi connectivity index (χ2n) is 4.15. The zero-order chi connectivity index (χ0) is 12.8. The fraction of sp³-hybridized carbons (Fsp3) is 0.462. The lowest BCUT2D eigenvalue weighted by Gasteiger charge is -2.16. The number of halogens is 1. The van der Waals surface area contributed by atoms with Gasteiger partial charge in [-0.3, -0.25) is 4.79 Å². The Hall–Kier alpha value is -1.42. The van der Waals surface area contributed by atoms with Crippen LogP contribution < -0.4 is 11.1 Å². The minimum absolute atomic E-state index is 0.0167. The van der Waals surface area contributed by atoms with Crippen LogP contribution in [0.5, 0.6) is 0 Å². The van der Waals surface area contributed by atoms with Gasteiger partial charge >= 0.3 is 0 Å². The molecule has 0 saturated carbocycles. The fourth-order valence-electron chi connectivity index (χ4n) is 1.74. The Kier molecular flexibility index (Phi) is 5.10. The Morgan fingerprint density at radius 2 is 2.24 bits per heavy atom. The van der Waals surface area contributed by atoms with E-state index in [1.54, 1.807) is 6.92 Å². The van der Waals surface area contributed by atoms with E-state index < -0.39 is 0 Å². The topological polar surface area (TPSA) is 55.1 Å². The third-order valence-corrected chi connectivity index (χ3v) is 2.69. The molecule has 0 fully saturated rings. The molecule has 0 aliphatic carbocycles. The number of hydrogen-bond donors (Lipinski definition) is 2. The van der Waals surface area contributed by atoms with Crippen molar-refractivity contribution in [3.63, 3.8) is 0 Å². The summed E-state index contributed by atoms with van der Waals surface area (Å²) in [7, 11) is 0. The summed E-state index contributed by atoms with van der Waals surface area (Å²) < 4.78 is 12.9. The molecule has 0 saturated heterocycles. The third kappa shape index (κ3) is 3.82. The normalized spacial score (nSPS) is 12.2. The molecule has 0 aliphatic heterocycles. The first-order valence-electron chi connectivity index (χ1n) is 5.85. The summed E-state index contributed by atoms with van der Waals surface area (Å²) in [6.45, 7) is 4.17. The molecule has 0 aliphatic rings. The van der Waals surface area contributed by atoms with Gasteiger partial charge in [-0.05, 0) is 37.1 Å². The molecule has 3 nitrogen and oxygen atoms in total. The minimum atomic E-state index is -0.331. The van der Waals surface area contributed by atoms with Gasteiger partial charge in [0, 0.05) is 18.2 Å². The molecule has 94 valence electrons. The molecular formula is C13H19FN2O. The number of nitrogens with two attached hydrogens (primary N) is 1. The van der Waals surface area contributed by atoms with Gasteiger partial charge in [0.1, 0.15) is 5.82 Å². The fourth-order valence-corrected chi connectivity index (χ4v) is 1.74. The molecule has 0 spiro atoms. The summed E-state index contributed by atoms with van der Waals surface area (Å²) in [6, 6.07) is 4.13. The van der Waals surface area contributed by atoms with Crippen LogP contribution in [0.3, 0.4) is 0 Å². The highest BCUT2D eigenvalue weighted by Crippen LogP contribution is 2.10. The average Bonchev–Trinajstić information content (AvgIpc) is 2.28. The minimum Gasteiger partial charge on any atom is -0.348 e. The maximum absolute atomic E-state index is 12.9. The first-order chi connectivity index (χ1) is 8.08. The zero-order valence-electron chi connectivity index (χ0n) is 10.3. The van der Waals surface area contributed by atoms with Gasteiger partial charge in [-0.15, -0.1) is 0 Å². The molecule has 1 aromatic carbocycles. The highest BCUT2D eigenvalue weighted by Gasteiger charge is 2.13. The Bertz CT molecular complexity index is 393. The molecule has 1 rings (SSSR count). The Labute approximate surface area is 101 Å². The summed E-state index contributed by atoms with van der Waals surface area (Å²) >= 11 is 0. The van der Waals surface area contributed by atoms with Gasteiger partial charge < -0.3 is 11.1 Å². The highest BCUT2D eigenvalue weighted by molar-refractivity contribution is 5.95. The maximum Gasteiger partial charge on any atom is 0.251 e. The Morgan fingerprint density at radius 3 is 2.76 bits per heavy atom. The SMILES string of the molecule is CCCC(CN)NC(=O)c1ccc(F)cc1C. The number of aryl methyl sites for hydroxylation is 1. The molecule has 1 amide bonds. The van der Waals surface area contributed by atoms with E-state index in [2.05, 4.69) is 5.32 Å². The van der Waals surface area contributed by atoms with Crippen LogP contribution in [0.1, 0.15) is 35.7 Å². The van der Waals surface area contributed by atoms with Crippen LogP contribution >= 0.6 is 0 Å². The van der Waals surface area contributed by atoms with Gasteiger partial charge in [0.05, 0.1) is 0 Å². The van der Waals surface area contributed by atoms with Gasteiger partial charge in [0.2, 0.25) is 0 Å². The molecule has 0 heterocycles. The second-order valence-corrected chi connectivity index (χ2v) is 4.15. The summed E-state index contributed by atoms with van der Waals surface area (Å²) in [6.07, 6.45) is 1.81. The van der Waals surface area contributed by atoms with Crippen molar-refractivity contribution < 1.29 is 9.18 Å². The molecule has 4 heteroatoms. The van der Waals surface area contributed by atoms with Crippen LogP contribution in [0.25, 0.3) is 0 Å². The van der Waals surface area contributed by atoms with Crippen molar-refractivity contribution in [3.05, 3.63) is 35.1 Å². The molecule has 0 radical (unpaired) electrons. The van der Waals surface area contributed by atoms with E-state index in [4.69, 9.17) is 5.73 Å². The summed E-state index contributed by atoms with van der Waals surface area (Å²) in [5, 5.41) is 2.86. The van der Waals surface area contributed by atoms with Crippen molar-refractivity contribution in [2.75, 3.05) is 6.54 Å². The van der Waals surface area contributed by atoms with Crippen LogP contribution in [-0.4, -0.2) is 18.5 Å². The highest BCUT2D eigenvalue weighted by atomic mass is 19.1. The van der Waals surface area contributed by atoms with E-state index in [0.29, 0.717) is 17.7 Å². The van der Waals surface area contributed by atoms with Crippen molar-refractivity contribution in [2.24, 2.45) is 5.73 Å². The third-order valence-electron chi connectivity index (χ3n) is 2.69. The number of nitrogens with one attached hydrogen (secondary N) is 1. The molecule has 0 aromatic heterocycles. The van der Waals surface area contributed by atoms with Gasteiger partial charge in [0.15, 0.2) is 0 Å². The zero-order valence-corrected chi connectivity index (χ0v) is 10.3. The van der Waals surface area contributed by atoms with Crippen LogP contribution in [0.2, 0.25) is 0 Å². The molecule has 1 unspecified atom stereocenters. The lowest BCUT2D eigenvalue weighted by Crippen LogP contribution is -2.40. The predicted molar refractivity (Wildman–Crippen MR) is 66.4 cm³/mol. The van der Waals surface area contributed by atoms with Crippen molar-refractivity contribution in [3.8, 4) is 0 Å². The van der Waals surface area contributed by atoms with Crippen molar-refractivity contribution in [1.29, 1.82) is 0 Å². The molecule has 1 aromatic rings. The molecular weight excluding hydrogens is 219 g/mol. The van der Waals surface area contributed by atoms with E-state index in [-0.39, 0.29) is 17.8 Å². The Balaban J connectivity index is 2.75. The van der Waals surface area contributed by atoms with Gasteiger partial charge in [-0.2, -0.15) is 0 Å². The van der Waals surface area contributed by atoms with Crippen LogP contribution in [0, 0.1) is 12.7 Å². The summed E-state index contributed by atoms with van der Waals surface area (Å²) in [5.41, 5.74) is 6.71. The van der Waals surface area contributed by atoms with E-state index in [0.717, 1.165) is 12.8 Å². The van der Waals surface area contributed by atoms with E-state index in [1.807, 2.05) is 6.92 Å². The number of rotatable bonds is 5. The largest absolute Gasteiger partial charge is 0.348 e. The number of carbonyl (C=O) groups is 1. The summed E-state index contributed by atoms with van der Waals surface area (Å²) in [5.74, 6) is -0.519. The lowest BCUT2D eigenvalue weighted by molar-refractivity contribution is 0.0935. The van der Waals surface area contributed by atoms with Crippen molar-refractivity contribution in [1.82, 2.24) is 5.32 Å². The van der Waals surface area contributed by atoms with E-state index >= 15 is 0 Å². The maximum atomic E-state index is 12.9. The molecule has 1 atom stereocenters. The standard InChI is InChI=1S/C13H19FN2O/c1-3-4-11(8-15)16-13(17)12-6-5-10(14)7-9(12)2/h5-7,11H,3-4,8,15H2,1-2H3,(H,16,17). The quantitative estimate of drug-likeness (QED) is 0.824. The van der Waals surface area contributed by atoms with E-state index in [1.165, 1.54) is 18.2 Å². The van der Waals surface area contributed by atoms with Crippen LogP contribution in [0.4, 0.5) is 4.39 Å². The number of amides is 1. The number of benzene rings is 1. The monoisotopic (exact) mass is 238 g/mol. The Morgan fingerprint density at radius 1 is 1.53 bits per heavy atom. The van der Waals surface area contributed by atoms with Gasteiger partial charge in [-0.25, -0.2) is 4.39 Å². The van der Waals surface area contributed by atoms with Gasteiger partial charge in [-0.1, -0.05) is 13.3 Å². The smallest absolute Gasteiger partial charge is 0.251 e. The second kappa shape index (κ2) is 6.35. The predicted octanol–water partition coefficient (Wildman–Crippen LogP) is 1.99. The number of hydrogen-bond acceptors (Lipinski definition) is 2. The first-order valence-corrected chi connectivity index (χ1v) is 5.85. The van der Waals surface area contributed by atoms with Crippen LogP contribution in [0.15, 0.2) is 18.2 Å². The first kappa shape index (κ1) is 13.6. The molecule has 3 N–H and O–H groups in total. The number of carbonyl (C=O) groups excluding carboxylic acids is 1. The van der Waals surface area contributed by atoms with Crippen molar-refractivity contribution in [2.45, 2.75) is 32.7 Å². The lowest BCUT2D eigenvalue weighted by atomic mass is 10.1. The molecule has 17 heavy (non-hydrogen) atoms.